The average molecular weight is 557 g/mol. The number of halogens is 1. The van der Waals surface area contributed by atoms with Gasteiger partial charge < -0.3 is 20.1 Å². The minimum absolute atomic E-state index is 0.149. The maximum absolute atomic E-state index is 12.7. The molecular formula is C30H25BrN2O4. The van der Waals surface area contributed by atoms with Crippen molar-refractivity contribution >= 4 is 33.5 Å². The van der Waals surface area contributed by atoms with Crippen molar-refractivity contribution in [3.63, 3.8) is 0 Å². The molecule has 0 aliphatic carbocycles. The maximum atomic E-state index is 12.7. The summed E-state index contributed by atoms with van der Waals surface area (Å²) < 4.78 is 6.89. The molecule has 2 N–H and O–H groups in total. The molecule has 0 saturated heterocycles. The van der Waals surface area contributed by atoms with E-state index in [1.807, 2.05) is 72.8 Å². The molecule has 0 radical (unpaired) electrons. The fourth-order valence-electron chi connectivity index (χ4n) is 4.40. The second-order valence-corrected chi connectivity index (χ2v) is 9.72. The van der Waals surface area contributed by atoms with Crippen LogP contribution >= 0.6 is 15.9 Å². The van der Waals surface area contributed by atoms with E-state index in [2.05, 4.69) is 26.1 Å². The van der Waals surface area contributed by atoms with Gasteiger partial charge in [-0.05, 0) is 58.7 Å². The van der Waals surface area contributed by atoms with Crippen molar-refractivity contribution in [1.29, 1.82) is 0 Å². The van der Waals surface area contributed by atoms with Crippen molar-refractivity contribution in [3.8, 4) is 16.9 Å². The van der Waals surface area contributed by atoms with Gasteiger partial charge in [0.15, 0.2) is 0 Å². The summed E-state index contributed by atoms with van der Waals surface area (Å²) in [6, 6.07) is 28.4. The second-order valence-electron chi connectivity index (χ2n) is 8.81. The van der Waals surface area contributed by atoms with E-state index in [1.54, 1.807) is 18.2 Å². The van der Waals surface area contributed by atoms with Gasteiger partial charge in [-0.15, -0.1) is 0 Å². The van der Waals surface area contributed by atoms with E-state index < -0.39 is 5.97 Å². The lowest BCUT2D eigenvalue weighted by Crippen LogP contribution is -2.32. The third-order valence-corrected chi connectivity index (χ3v) is 6.87. The number of anilines is 1. The van der Waals surface area contributed by atoms with Crippen LogP contribution in [0.2, 0.25) is 0 Å². The molecule has 1 amide bonds. The molecule has 4 aromatic carbocycles. The van der Waals surface area contributed by atoms with Crippen LogP contribution in [0.3, 0.4) is 0 Å². The Morgan fingerprint density at radius 2 is 1.65 bits per heavy atom. The van der Waals surface area contributed by atoms with Gasteiger partial charge >= 0.3 is 5.97 Å². The molecule has 0 unspecified atom stereocenters. The average Bonchev–Trinajstić information content (AvgIpc) is 2.93. The number of nitrogens with one attached hydrogen (secondary N) is 1. The van der Waals surface area contributed by atoms with Crippen LogP contribution in [0.25, 0.3) is 11.1 Å². The van der Waals surface area contributed by atoms with Crippen LogP contribution in [-0.2, 0) is 13.1 Å². The first-order chi connectivity index (χ1) is 18.0. The van der Waals surface area contributed by atoms with Gasteiger partial charge in [-0.25, -0.2) is 4.79 Å². The highest BCUT2D eigenvalue weighted by atomic mass is 79.9. The summed E-state index contributed by atoms with van der Waals surface area (Å²) in [7, 11) is 0. The summed E-state index contributed by atoms with van der Waals surface area (Å²) >= 11 is 3.42. The number of carboxylic acid groups (broad SMARTS) is 1. The largest absolute Gasteiger partial charge is 0.490 e. The molecule has 6 nitrogen and oxygen atoms in total. The summed E-state index contributed by atoms with van der Waals surface area (Å²) in [5, 5.41) is 12.5. The summed E-state index contributed by atoms with van der Waals surface area (Å²) in [5.41, 5.74) is 5.46. The predicted molar refractivity (Wildman–Crippen MR) is 147 cm³/mol. The highest BCUT2D eigenvalue weighted by Crippen LogP contribution is 2.34. The zero-order valence-corrected chi connectivity index (χ0v) is 21.6. The monoisotopic (exact) mass is 556 g/mol. The normalized spacial score (nSPS) is 12.4. The zero-order valence-electron chi connectivity index (χ0n) is 20.0. The summed E-state index contributed by atoms with van der Waals surface area (Å²) in [6.45, 7) is 2.38. The molecule has 1 aliphatic rings. The van der Waals surface area contributed by atoms with E-state index in [-0.39, 0.29) is 11.5 Å². The Morgan fingerprint density at radius 1 is 0.919 bits per heavy atom. The van der Waals surface area contributed by atoms with Crippen molar-refractivity contribution < 1.29 is 19.4 Å². The first kappa shape index (κ1) is 24.6. The number of amides is 1. The molecule has 37 heavy (non-hydrogen) atoms. The van der Waals surface area contributed by atoms with Crippen molar-refractivity contribution in [2.75, 3.05) is 18.1 Å². The van der Waals surface area contributed by atoms with E-state index in [9.17, 15) is 14.7 Å². The van der Waals surface area contributed by atoms with E-state index in [4.69, 9.17) is 4.74 Å². The lowest BCUT2D eigenvalue weighted by Gasteiger charge is -2.31. The number of benzene rings is 4. The third kappa shape index (κ3) is 5.67. The molecule has 0 aromatic heterocycles. The van der Waals surface area contributed by atoms with Gasteiger partial charge in [-0.1, -0.05) is 70.5 Å². The van der Waals surface area contributed by atoms with Crippen LogP contribution in [0, 0.1) is 0 Å². The van der Waals surface area contributed by atoms with Gasteiger partial charge in [0.25, 0.3) is 5.91 Å². The lowest BCUT2D eigenvalue weighted by atomic mass is 9.98. The quantitative estimate of drug-likeness (QED) is 0.285. The van der Waals surface area contributed by atoms with Gasteiger partial charge in [0.05, 0.1) is 17.8 Å². The summed E-state index contributed by atoms with van der Waals surface area (Å²) in [5.74, 6) is -0.399. The van der Waals surface area contributed by atoms with Crippen molar-refractivity contribution in [2.45, 2.75) is 13.1 Å². The number of carbonyl (C=O) groups is 2. The maximum Gasteiger partial charge on any atom is 0.336 e. The summed E-state index contributed by atoms with van der Waals surface area (Å²) in [4.78, 5) is 26.5. The zero-order chi connectivity index (χ0) is 25.8. The fourth-order valence-corrected chi connectivity index (χ4v) is 4.67. The van der Waals surface area contributed by atoms with E-state index in [1.165, 1.54) is 0 Å². The molecule has 1 heterocycles. The van der Waals surface area contributed by atoms with E-state index >= 15 is 0 Å². The minimum atomic E-state index is -0.939. The minimum Gasteiger partial charge on any atom is -0.490 e. The smallest absolute Gasteiger partial charge is 0.336 e. The van der Waals surface area contributed by atoms with Crippen LogP contribution in [0.4, 0.5) is 5.69 Å². The molecule has 0 bridgehead atoms. The SMILES string of the molecule is O=C(NCc1ccc(Br)cc1)c1ccc2c(c1)OCCN2Cc1ccc(-c2ccccc2C(=O)O)cc1. The van der Waals surface area contributed by atoms with Gasteiger partial charge in [0.2, 0.25) is 0 Å². The van der Waals surface area contributed by atoms with Gasteiger partial charge in [0.1, 0.15) is 12.4 Å². The number of hydrogen-bond acceptors (Lipinski definition) is 4. The van der Waals surface area contributed by atoms with Crippen LogP contribution in [-0.4, -0.2) is 30.1 Å². The van der Waals surface area contributed by atoms with Gasteiger partial charge in [0, 0.05) is 23.1 Å². The number of hydrogen-bond donors (Lipinski definition) is 2. The number of carboxylic acids is 1. The summed E-state index contributed by atoms with van der Waals surface area (Å²) in [6.07, 6.45) is 0. The number of fused-ring (bicyclic) bond motifs is 1. The van der Waals surface area contributed by atoms with Crippen molar-refractivity contribution in [2.24, 2.45) is 0 Å². The molecule has 4 aromatic rings. The van der Waals surface area contributed by atoms with Crippen molar-refractivity contribution in [3.05, 3.63) is 118 Å². The number of carbonyl (C=O) groups excluding carboxylic acids is 1. The molecule has 0 saturated carbocycles. The van der Waals surface area contributed by atoms with Crippen LogP contribution < -0.4 is 15.0 Å². The molecule has 1 aliphatic heterocycles. The van der Waals surface area contributed by atoms with Crippen molar-refractivity contribution in [1.82, 2.24) is 5.32 Å². The van der Waals surface area contributed by atoms with E-state index in [0.29, 0.717) is 36.6 Å². The predicted octanol–water partition coefficient (Wildman–Crippen LogP) is 6.14. The van der Waals surface area contributed by atoms with Gasteiger partial charge in [-0.2, -0.15) is 0 Å². The lowest BCUT2D eigenvalue weighted by molar-refractivity contribution is 0.0697. The Balaban J connectivity index is 1.27. The van der Waals surface area contributed by atoms with E-state index in [0.717, 1.165) is 33.4 Å². The molecule has 0 fully saturated rings. The van der Waals surface area contributed by atoms with Crippen LogP contribution in [0.15, 0.2) is 95.5 Å². The topological polar surface area (TPSA) is 78.9 Å². The number of nitrogens with zero attached hydrogens (tertiary/aromatic N) is 1. The Labute approximate surface area is 223 Å². The Hall–Kier alpha value is -4.10. The Bertz CT molecular complexity index is 1440. The standard InChI is InChI=1S/C30H25BrN2O4/c31-24-12-7-20(8-13-24)18-32-29(34)23-11-14-27-28(17-23)37-16-15-33(27)19-21-5-9-22(10-6-21)25-3-1-2-4-26(25)30(35)36/h1-14,17H,15-16,18-19H2,(H,32,34)(H,35,36). The molecule has 186 valence electrons. The molecule has 5 rings (SSSR count). The molecule has 0 spiro atoms. The first-order valence-electron chi connectivity index (χ1n) is 11.9. The number of rotatable bonds is 7. The first-order valence-corrected chi connectivity index (χ1v) is 12.7. The fraction of sp³-hybridized carbons (Fsp3) is 0.133. The molecule has 0 atom stereocenters. The second kappa shape index (κ2) is 10.9. The molecule has 7 heteroatoms. The highest BCUT2D eigenvalue weighted by Gasteiger charge is 2.20. The number of ether oxygens (including phenoxy) is 1. The Morgan fingerprint density at radius 3 is 2.41 bits per heavy atom. The van der Waals surface area contributed by atoms with Gasteiger partial charge in [-0.3, -0.25) is 4.79 Å². The van der Waals surface area contributed by atoms with Crippen LogP contribution in [0.1, 0.15) is 31.8 Å². The van der Waals surface area contributed by atoms with Crippen LogP contribution in [0.5, 0.6) is 5.75 Å². The highest BCUT2D eigenvalue weighted by molar-refractivity contribution is 9.10. The number of aromatic carboxylic acids is 1. The molecular weight excluding hydrogens is 532 g/mol. The third-order valence-electron chi connectivity index (χ3n) is 6.34. The Kier molecular flexibility index (Phi) is 7.23.